The van der Waals surface area contributed by atoms with Gasteiger partial charge in [-0.25, -0.2) is 9.78 Å². The number of aliphatic hydroxyl groups is 1. The van der Waals surface area contributed by atoms with Crippen LogP contribution in [0.2, 0.25) is 0 Å². The van der Waals surface area contributed by atoms with Crippen LogP contribution in [0.25, 0.3) is 11.3 Å². The molecule has 1 heterocycles. The van der Waals surface area contributed by atoms with Crippen LogP contribution in [-0.2, 0) is 9.53 Å². The first kappa shape index (κ1) is 18.1. The van der Waals surface area contributed by atoms with Gasteiger partial charge in [-0.1, -0.05) is 12.1 Å². The zero-order chi connectivity index (χ0) is 17.9. The van der Waals surface area contributed by atoms with Crippen LogP contribution in [0, 0.1) is 6.92 Å². The van der Waals surface area contributed by atoms with E-state index in [4.69, 9.17) is 0 Å². The summed E-state index contributed by atoms with van der Waals surface area (Å²) in [7, 11) is 2.69. The fraction of sp³-hybridized carbons (Fsp3) is 0.353. The van der Waals surface area contributed by atoms with Crippen LogP contribution in [0.3, 0.4) is 0 Å². The van der Waals surface area contributed by atoms with Crippen molar-refractivity contribution in [1.29, 1.82) is 0 Å². The molecule has 0 saturated carbocycles. The number of carbonyl (C=O) groups excluding carboxylic acids is 2. The Morgan fingerprint density at radius 2 is 1.92 bits per heavy atom. The molecule has 0 saturated heterocycles. The van der Waals surface area contributed by atoms with Crippen LogP contribution >= 0.6 is 11.3 Å². The Hall–Kier alpha value is -2.25. The molecule has 0 fully saturated rings. The number of aromatic nitrogens is 1. The van der Waals surface area contributed by atoms with Gasteiger partial charge >= 0.3 is 5.97 Å². The molecule has 2 rings (SSSR count). The highest BCUT2D eigenvalue weighted by molar-refractivity contribution is 7.09. The van der Waals surface area contributed by atoms with Crippen molar-refractivity contribution in [1.82, 2.24) is 9.88 Å². The number of hydrogen-bond acceptors (Lipinski definition) is 6. The average Bonchev–Trinajstić information content (AvgIpc) is 3.00. The summed E-state index contributed by atoms with van der Waals surface area (Å²) in [5.41, 5.74) is 2.20. The third-order valence-electron chi connectivity index (χ3n) is 3.68. The largest absolute Gasteiger partial charge is 0.467 e. The molecular weight excluding hydrogens is 328 g/mol. The molecule has 0 aliphatic carbocycles. The quantitative estimate of drug-likeness (QED) is 0.837. The topological polar surface area (TPSA) is 79.7 Å². The Labute approximate surface area is 144 Å². The summed E-state index contributed by atoms with van der Waals surface area (Å²) in [4.78, 5) is 29.9. The number of carbonyl (C=O) groups is 2. The zero-order valence-electron chi connectivity index (χ0n) is 14.0. The van der Waals surface area contributed by atoms with Crippen molar-refractivity contribution in [2.75, 3.05) is 14.2 Å². The van der Waals surface area contributed by atoms with E-state index in [-0.39, 0.29) is 5.91 Å². The summed E-state index contributed by atoms with van der Waals surface area (Å²) in [5.74, 6) is -1.03. The molecule has 24 heavy (non-hydrogen) atoms. The van der Waals surface area contributed by atoms with E-state index in [1.54, 1.807) is 23.5 Å². The van der Waals surface area contributed by atoms with E-state index in [2.05, 4.69) is 9.72 Å². The zero-order valence-corrected chi connectivity index (χ0v) is 14.8. The van der Waals surface area contributed by atoms with E-state index < -0.39 is 18.1 Å². The molecule has 7 heteroatoms. The molecular formula is C17H20N2O4S. The van der Waals surface area contributed by atoms with Crippen molar-refractivity contribution >= 4 is 23.2 Å². The van der Waals surface area contributed by atoms with Gasteiger partial charge in [0.25, 0.3) is 5.91 Å². The van der Waals surface area contributed by atoms with Crippen LogP contribution in [0.1, 0.15) is 22.3 Å². The summed E-state index contributed by atoms with van der Waals surface area (Å²) in [6.07, 6.45) is -1.04. The molecule has 1 N–H and O–H groups in total. The third kappa shape index (κ3) is 3.80. The van der Waals surface area contributed by atoms with E-state index in [9.17, 15) is 14.7 Å². The molecule has 0 spiro atoms. The summed E-state index contributed by atoms with van der Waals surface area (Å²) >= 11 is 1.56. The lowest BCUT2D eigenvalue weighted by molar-refractivity contribution is -0.149. The first-order valence-electron chi connectivity index (χ1n) is 7.40. The molecule has 2 aromatic rings. The summed E-state index contributed by atoms with van der Waals surface area (Å²) in [5, 5.41) is 12.7. The average molecular weight is 348 g/mol. The number of aliphatic hydroxyl groups excluding tert-OH is 1. The second-order valence-corrected chi connectivity index (χ2v) is 6.52. The molecule has 1 aromatic carbocycles. The molecule has 1 amide bonds. The Bertz CT molecular complexity index is 724. The highest BCUT2D eigenvalue weighted by Crippen LogP contribution is 2.22. The van der Waals surface area contributed by atoms with Gasteiger partial charge in [0.2, 0.25) is 0 Å². The minimum absolute atomic E-state index is 0.368. The Kier molecular flexibility index (Phi) is 5.69. The van der Waals surface area contributed by atoms with E-state index in [1.807, 2.05) is 24.4 Å². The summed E-state index contributed by atoms with van der Waals surface area (Å²) in [6.45, 7) is 3.38. The maximum Gasteiger partial charge on any atom is 0.331 e. The maximum atomic E-state index is 12.6. The minimum atomic E-state index is -1.05. The highest BCUT2D eigenvalue weighted by Gasteiger charge is 2.32. The highest BCUT2D eigenvalue weighted by atomic mass is 32.1. The van der Waals surface area contributed by atoms with E-state index in [0.717, 1.165) is 16.3 Å². The maximum absolute atomic E-state index is 12.6. The smallest absolute Gasteiger partial charge is 0.331 e. The van der Waals surface area contributed by atoms with Crippen LogP contribution < -0.4 is 0 Å². The molecule has 0 bridgehead atoms. The molecule has 0 aliphatic rings. The lowest BCUT2D eigenvalue weighted by atomic mass is 10.1. The van der Waals surface area contributed by atoms with Gasteiger partial charge in [-0.3, -0.25) is 4.79 Å². The van der Waals surface area contributed by atoms with Crippen LogP contribution in [-0.4, -0.2) is 53.2 Å². The van der Waals surface area contributed by atoms with Crippen molar-refractivity contribution in [3.8, 4) is 11.3 Å². The van der Waals surface area contributed by atoms with Crippen molar-refractivity contribution in [3.05, 3.63) is 40.2 Å². The van der Waals surface area contributed by atoms with Gasteiger partial charge in [0.1, 0.15) is 0 Å². The van der Waals surface area contributed by atoms with Gasteiger partial charge in [-0.05, 0) is 26.0 Å². The predicted molar refractivity (Wildman–Crippen MR) is 91.9 cm³/mol. The number of benzene rings is 1. The molecule has 6 nitrogen and oxygen atoms in total. The van der Waals surface area contributed by atoms with Crippen LogP contribution in [0.5, 0.6) is 0 Å². The van der Waals surface area contributed by atoms with E-state index in [0.29, 0.717) is 5.56 Å². The number of ether oxygens (including phenoxy) is 1. The number of methoxy groups -OCH3 is 1. The number of thiazole rings is 1. The minimum Gasteiger partial charge on any atom is -0.467 e. The fourth-order valence-corrected chi connectivity index (χ4v) is 3.03. The normalized spacial score (nSPS) is 13.2. The number of rotatable bonds is 5. The van der Waals surface area contributed by atoms with Gasteiger partial charge in [0, 0.05) is 23.6 Å². The third-order valence-corrected chi connectivity index (χ3v) is 4.46. The lowest BCUT2D eigenvalue weighted by Gasteiger charge is -2.28. The fourth-order valence-electron chi connectivity index (χ4n) is 2.41. The van der Waals surface area contributed by atoms with Gasteiger partial charge in [-0.15, -0.1) is 11.3 Å². The first-order valence-corrected chi connectivity index (χ1v) is 8.28. The van der Waals surface area contributed by atoms with Crippen molar-refractivity contribution in [3.63, 3.8) is 0 Å². The Morgan fingerprint density at radius 1 is 1.29 bits per heavy atom. The Balaban J connectivity index is 2.21. The second-order valence-electron chi connectivity index (χ2n) is 5.45. The van der Waals surface area contributed by atoms with Crippen molar-refractivity contribution < 1.29 is 19.4 Å². The number of likely N-dealkylation sites (N-methyl/N-ethyl adjacent to an activating group) is 1. The molecule has 2 unspecified atom stereocenters. The van der Waals surface area contributed by atoms with Crippen LogP contribution in [0.15, 0.2) is 29.6 Å². The van der Waals surface area contributed by atoms with Crippen LogP contribution in [0.4, 0.5) is 0 Å². The summed E-state index contributed by atoms with van der Waals surface area (Å²) < 4.78 is 4.66. The monoisotopic (exact) mass is 348 g/mol. The predicted octanol–water partition coefficient (Wildman–Crippen LogP) is 2.11. The molecule has 128 valence electrons. The second kappa shape index (κ2) is 7.55. The molecule has 1 aromatic heterocycles. The van der Waals surface area contributed by atoms with Gasteiger partial charge in [0.15, 0.2) is 6.04 Å². The Morgan fingerprint density at radius 3 is 2.38 bits per heavy atom. The van der Waals surface area contributed by atoms with Crippen molar-refractivity contribution in [2.24, 2.45) is 0 Å². The van der Waals surface area contributed by atoms with Crippen molar-refractivity contribution in [2.45, 2.75) is 26.0 Å². The number of aryl methyl sites for hydroxylation is 1. The molecule has 0 radical (unpaired) electrons. The first-order chi connectivity index (χ1) is 11.3. The van der Waals surface area contributed by atoms with E-state index >= 15 is 0 Å². The van der Waals surface area contributed by atoms with Gasteiger partial charge in [0.05, 0.1) is 23.9 Å². The molecule has 2 atom stereocenters. The number of amides is 1. The lowest BCUT2D eigenvalue weighted by Crippen LogP contribution is -2.49. The molecule has 0 aliphatic heterocycles. The SMILES string of the molecule is COC(=O)C(C(C)O)N(C)C(=O)c1ccc(-c2csc(C)n2)cc1. The number of hydrogen-bond donors (Lipinski definition) is 1. The van der Waals surface area contributed by atoms with E-state index in [1.165, 1.54) is 26.0 Å². The standard InChI is InChI=1S/C17H20N2O4S/c1-10(20)15(17(22)23-4)19(3)16(21)13-7-5-12(6-8-13)14-9-24-11(2)18-14/h5-10,15,20H,1-4H3. The van der Waals surface area contributed by atoms with Gasteiger partial charge in [-0.2, -0.15) is 0 Å². The number of nitrogens with zero attached hydrogens (tertiary/aromatic N) is 2. The number of esters is 1. The van der Waals surface area contributed by atoms with Gasteiger partial charge < -0.3 is 14.7 Å². The summed E-state index contributed by atoms with van der Waals surface area (Å²) in [6, 6.07) is 5.93.